The first-order valence-electron chi connectivity index (χ1n) is 6.10. The lowest BCUT2D eigenvalue weighted by Crippen LogP contribution is -2.18. The average Bonchev–Trinajstić information content (AvgIpc) is 2.56. The smallest absolute Gasteiger partial charge is 0.343 e. The van der Waals surface area contributed by atoms with Crippen molar-refractivity contribution in [3.63, 3.8) is 0 Å². The molecule has 0 radical (unpaired) electrons. The van der Waals surface area contributed by atoms with Crippen molar-refractivity contribution in [1.82, 2.24) is 0 Å². The molecule has 1 rings (SSSR count). The van der Waals surface area contributed by atoms with Crippen LogP contribution < -0.4 is 0 Å². The quantitative estimate of drug-likeness (QED) is 0.363. The van der Waals surface area contributed by atoms with Crippen molar-refractivity contribution in [2.24, 2.45) is 0 Å². The minimum Gasteiger partial charge on any atom is -0.391 e. The molecule has 0 aromatic carbocycles. The van der Waals surface area contributed by atoms with Gasteiger partial charge in [-0.2, -0.15) is 0 Å². The first-order chi connectivity index (χ1) is 7.74. The molecule has 1 fully saturated rings. The van der Waals surface area contributed by atoms with Gasteiger partial charge in [-0.05, 0) is 6.42 Å². The molecule has 1 heterocycles. The van der Waals surface area contributed by atoms with E-state index in [2.05, 4.69) is 11.7 Å². The third kappa shape index (κ3) is 4.75. The normalized spacial score (nSPS) is 20.2. The van der Waals surface area contributed by atoms with Crippen LogP contribution in [0.25, 0.3) is 0 Å². The number of carbonyl (C=O) groups excluding carboxylic acids is 2. The van der Waals surface area contributed by atoms with E-state index < -0.39 is 18.0 Å². The Morgan fingerprint density at radius 2 is 1.88 bits per heavy atom. The second-order valence-corrected chi connectivity index (χ2v) is 4.12. The van der Waals surface area contributed by atoms with Gasteiger partial charge in [0.05, 0.1) is 6.42 Å². The van der Waals surface area contributed by atoms with Crippen molar-refractivity contribution in [3.8, 4) is 0 Å². The molecule has 0 aromatic rings. The highest BCUT2D eigenvalue weighted by molar-refractivity contribution is 5.96. The lowest BCUT2D eigenvalue weighted by atomic mass is 10.1. The topological polar surface area (TPSA) is 52.6 Å². The van der Waals surface area contributed by atoms with Crippen LogP contribution in [0.5, 0.6) is 0 Å². The summed E-state index contributed by atoms with van der Waals surface area (Å²) in [6.07, 6.45) is 6.50. The van der Waals surface area contributed by atoms with Crippen LogP contribution in [0.2, 0.25) is 0 Å². The molecule has 0 spiro atoms. The van der Waals surface area contributed by atoms with E-state index in [0.717, 1.165) is 12.8 Å². The number of carbonyl (C=O) groups is 2. The minimum atomic E-state index is -0.650. The highest BCUT2D eigenvalue weighted by Crippen LogP contribution is 2.13. The van der Waals surface area contributed by atoms with Crippen molar-refractivity contribution in [2.75, 3.05) is 6.61 Å². The van der Waals surface area contributed by atoms with E-state index >= 15 is 0 Å². The first-order valence-corrected chi connectivity index (χ1v) is 6.10. The van der Waals surface area contributed by atoms with Gasteiger partial charge >= 0.3 is 11.9 Å². The number of esters is 2. The minimum absolute atomic E-state index is 0.0780. The zero-order valence-electron chi connectivity index (χ0n) is 9.87. The molecule has 1 saturated heterocycles. The highest BCUT2D eigenvalue weighted by Gasteiger charge is 2.33. The molecule has 0 saturated carbocycles. The molecule has 1 aliphatic rings. The summed E-state index contributed by atoms with van der Waals surface area (Å²) in [5, 5.41) is 0. The van der Waals surface area contributed by atoms with Crippen LogP contribution in [-0.2, 0) is 19.1 Å². The maximum atomic E-state index is 11.0. The zero-order chi connectivity index (χ0) is 11.8. The molecule has 16 heavy (non-hydrogen) atoms. The molecular formula is C12H20O4. The predicted molar refractivity (Wildman–Crippen MR) is 58.8 cm³/mol. The third-order valence-electron chi connectivity index (χ3n) is 2.65. The number of unbranched alkanes of at least 4 members (excludes halogenated alkanes) is 5. The van der Waals surface area contributed by atoms with Crippen molar-refractivity contribution in [2.45, 2.75) is 58.0 Å². The Hall–Kier alpha value is -0.900. The molecule has 1 unspecified atom stereocenters. The maximum absolute atomic E-state index is 11.0. The third-order valence-corrected chi connectivity index (χ3v) is 2.65. The van der Waals surface area contributed by atoms with Crippen LogP contribution >= 0.6 is 0 Å². The molecule has 4 heteroatoms. The van der Waals surface area contributed by atoms with Gasteiger partial charge in [-0.3, -0.25) is 4.79 Å². The maximum Gasteiger partial charge on any atom is 0.343 e. The molecule has 0 aliphatic carbocycles. The fourth-order valence-corrected chi connectivity index (χ4v) is 1.69. The summed E-state index contributed by atoms with van der Waals surface area (Å²) >= 11 is 0. The summed E-state index contributed by atoms with van der Waals surface area (Å²) in [4.78, 5) is 21.8. The molecule has 1 atom stereocenters. The van der Waals surface area contributed by atoms with Gasteiger partial charge in [0.15, 0.2) is 6.10 Å². The first kappa shape index (κ1) is 13.2. The number of hydrogen-bond donors (Lipinski definition) is 0. The second kappa shape index (κ2) is 7.39. The number of rotatable bonds is 8. The van der Waals surface area contributed by atoms with Gasteiger partial charge in [0.1, 0.15) is 0 Å². The van der Waals surface area contributed by atoms with Gasteiger partial charge in [-0.15, -0.1) is 0 Å². The summed E-state index contributed by atoms with van der Waals surface area (Å²) in [6.45, 7) is 2.73. The summed E-state index contributed by atoms with van der Waals surface area (Å²) in [5.74, 6) is -1.01. The van der Waals surface area contributed by atoms with E-state index in [4.69, 9.17) is 4.74 Å². The molecule has 1 aliphatic heterocycles. The highest BCUT2D eigenvalue weighted by atomic mass is 16.6. The standard InChI is InChI=1S/C12H20O4/c1-2-3-4-5-6-7-8-15-10-9-11(13)16-12(10)14/h10H,2-9H2,1H3. The van der Waals surface area contributed by atoms with Gasteiger partial charge < -0.3 is 9.47 Å². The van der Waals surface area contributed by atoms with E-state index in [-0.39, 0.29) is 6.42 Å². The van der Waals surface area contributed by atoms with Crippen LogP contribution in [0.3, 0.4) is 0 Å². The summed E-state index contributed by atoms with van der Waals surface area (Å²) in [7, 11) is 0. The Bertz CT molecular complexity index is 237. The van der Waals surface area contributed by atoms with E-state index in [0.29, 0.717) is 6.61 Å². The Morgan fingerprint density at radius 1 is 1.19 bits per heavy atom. The SMILES string of the molecule is CCCCCCCCOC1CC(=O)OC1=O. The Labute approximate surface area is 96.3 Å². The van der Waals surface area contributed by atoms with E-state index in [1.165, 1.54) is 25.7 Å². The van der Waals surface area contributed by atoms with Crippen LogP contribution in [0.1, 0.15) is 51.9 Å². The largest absolute Gasteiger partial charge is 0.391 e. The van der Waals surface area contributed by atoms with Crippen molar-refractivity contribution in [1.29, 1.82) is 0 Å². The number of ether oxygens (including phenoxy) is 2. The molecule has 0 amide bonds. The van der Waals surface area contributed by atoms with Crippen LogP contribution in [-0.4, -0.2) is 24.6 Å². The van der Waals surface area contributed by atoms with Gasteiger partial charge in [0, 0.05) is 6.61 Å². The number of hydrogen-bond acceptors (Lipinski definition) is 4. The van der Waals surface area contributed by atoms with Crippen LogP contribution in [0.15, 0.2) is 0 Å². The van der Waals surface area contributed by atoms with E-state index in [1.807, 2.05) is 0 Å². The Kier molecular flexibility index (Phi) is 6.08. The van der Waals surface area contributed by atoms with Crippen LogP contribution in [0.4, 0.5) is 0 Å². The Morgan fingerprint density at radius 3 is 2.50 bits per heavy atom. The lowest BCUT2D eigenvalue weighted by molar-refractivity contribution is -0.155. The van der Waals surface area contributed by atoms with E-state index in [1.54, 1.807) is 0 Å². The fraction of sp³-hybridized carbons (Fsp3) is 0.833. The molecule has 0 aromatic heterocycles. The molecule has 0 N–H and O–H groups in total. The summed E-state index contributed by atoms with van der Waals surface area (Å²) < 4.78 is 9.68. The van der Waals surface area contributed by atoms with Gasteiger partial charge in [-0.25, -0.2) is 4.79 Å². The lowest BCUT2D eigenvalue weighted by Gasteiger charge is -2.06. The predicted octanol–water partition coefficient (Wildman–Crippen LogP) is 2.21. The van der Waals surface area contributed by atoms with Crippen molar-refractivity contribution < 1.29 is 19.1 Å². The van der Waals surface area contributed by atoms with E-state index in [9.17, 15) is 9.59 Å². The molecular weight excluding hydrogens is 208 g/mol. The van der Waals surface area contributed by atoms with Crippen LogP contribution in [0, 0.1) is 0 Å². The van der Waals surface area contributed by atoms with Gasteiger partial charge in [0.25, 0.3) is 0 Å². The summed E-state index contributed by atoms with van der Waals surface area (Å²) in [6, 6.07) is 0. The molecule has 92 valence electrons. The van der Waals surface area contributed by atoms with Crippen molar-refractivity contribution in [3.05, 3.63) is 0 Å². The second-order valence-electron chi connectivity index (χ2n) is 4.12. The number of cyclic esters (lactones) is 2. The molecule has 4 nitrogen and oxygen atoms in total. The monoisotopic (exact) mass is 228 g/mol. The van der Waals surface area contributed by atoms with Gasteiger partial charge in [-0.1, -0.05) is 39.0 Å². The van der Waals surface area contributed by atoms with Crippen molar-refractivity contribution >= 4 is 11.9 Å². The Balaban J connectivity index is 1.95. The molecule has 0 bridgehead atoms. The zero-order valence-corrected chi connectivity index (χ0v) is 9.87. The van der Waals surface area contributed by atoms with Gasteiger partial charge in [0.2, 0.25) is 0 Å². The average molecular weight is 228 g/mol. The summed E-state index contributed by atoms with van der Waals surface area (Å²) in [5.41, 5.74) is 0. The fourth-order valence-electron chi connectivity index (χ4n) is 1.69.